The fourth-order valence-electron chi connectivity index (χ4n) is 4.00. The van der Waals surface area contributed by atoms with Crippen molar-refractivity contribution in [2.24, 2.45) is 0 Å². The molecule has 1 saturated heterocycles. The molecule has 0 bridgehead atoms. The predicted molar refractivity (Wildman–Crippen MR) is 131 cm³/mol. The zero-order valence-corrected chi connectivity index (χ0v) is 20.6. The number of aromatic nitrogens is 2. The summed E-state index contributed by atoms with van der Waals surface area (Å²) < 4.78 is 28.3. The van der Waals surface area contributed by atoms with Gasteiger partial charge in [-0.3, -0.25) is 4.90 Å². The molecule has 1 aliphatic rings. The van der Waals surface area contributed by atoms with E-state index >= 15 is 0 Å². The van der Waals surface area contributed by atoms with Gasteiger partial charge in [-0.15, -0.1) is 0 Å². The summed E-state index contributed by atoms with van der Waals surface area (Å²) in [6.07, 6.45) is 0. The third kappa shape index (κ3) is 5.34. The second kappa shape index (κ2) is 11.7. The van der Waals surface area contributed by atoms with Crippen LogP contribution in [0.25, 0.3) is 16.9 Å². The molecule has 0 amide bonds. The zero-order chi connectivity index (χ0) is 25.5. The quantitative estimate of drug-likeness (QED) is 0.415. The van der Waals surface area contributed by atoms with Crippen LogP contribution < -0.4 is 9.47 Å². The third-order valence-corrected chi connectivity index (χ3v) is 5.86. The normalized spacial score (nSPS) is 13.8. The molecule has 36 heavy (non-hydrogen) atoms. The predicted octanol–water partition coefficient (Wildman–Crippen LogP) is 2.83. The maximum Gasteiger partial charge on any atom is 0.357 e. The van der Waals surface area contributed by atoms with E-state index in [0.717, 1.165) is 19.6 Å². The van der Waals surface area contributed by atoms with Gasteiger partial charge in [0.25, 0.3) is 0 Å². The number of morpholine rings is 1. The van der Waals surface area contributed by atoms with Crippen LogP contribution in [0.5, 0.6) is 11.5 Å². The van der Waals surface area contributed by atoms with E-state index in [1.807, 2.05) is 18.2 Å². The molecule has 3 aromatic rings. The van der Waals surface area contributed by atoms with Gasteiger partial charge < -0.3 is 23.7 Å². The summed E-state index contributed by atoms with van der Waals surface area (Å²) in [5.74, 6) is -0.393. The number of para-hydroxylation sites is 1. The summed E-state index contributed by atoms with van der Waals surface area (Å²) in [5, 5.41) is 4.64. The lowest BCUT2D eigenvalue weighted by Crippen LogP contribution is -2.38. The van der Waals surface area contributed by atoms with Crippen LogP contribution in [0.2, 0.25) is 0 Å². The number of ether oxygens (including phenoxy) is 5. The Morgan fingerprint density at radius 2 is 1.67 bits per heavy atom. The van der Waals surface area contributed by atoms with Gasteiger partial charge >= 0.3 is 11.9 Å². The topological polar surface area (TPSA) is 101 Å². The van der Waals surface area contributed by atoms with Crippen LogP contribution >= 0.6 is 0 Å². The van der Waals surface area contributed by atoms with E-state index in [2.05, 4.69) is 10.00 Å². The van der Waals surface area contributed by atoms with Gasteiger partial charge in [0.05, 0.1) is 40.2 Å². The van der Waals surface area contributed by atoms with Crippen LogP contribution in [-0.2, 0) is 14.2 Å². The Morgan fingerprint density at radius 3 is 2.33 bits per heavy atom. The Balaban J connectivity index is 1.75. The molecule has 2 aromatic carbocycles. The monoisotopic (exact) mass is 495 g/mol. The van der Waals surface area contributed by atoms with Crippen LogP contribution in [0, 0.1) is 0 Å². The maximum atomic E-state index is 12.9. The summed E-state index contributed by atoms with van der Waals surface area (Å²) in [4.78, 5) is 28.0. The van der Waals surface area contributed by atoms with Crippen molar-refractivity contribution >= 4 is 11.9 Å². The van der Waals surface area contributed by atoms with Crippen molar-refractivity contribution in [1.29, 1.82) is 0 Å². The van der Waals surface area contributed by atoms with Crippen LogP contribution in [0.1, 0.15) is 20.8 Å². The molecule has 190 valence electrons. The molecule has 0 saturated carbocycles. The Bertz CT molecular complexity index is 1200. The second-order valence-electron chi connectivity index (χ2n) is 7.97. The van der Waals surface area contributed by atoms with Crippen molar-refractivity contribution in [3.8, 4) is 28.4 Å². The first-order valence-electron chi connectivity index (χ1n) is 11.5. The van der Waals surface area contributed by atoms with Crippen LogP contribution in [0.3, 0.4) is 0 Å². The highest BCUT2D eigenvalue weighted by Crippen LogP contribution is 2.35. The number of carbonyl (C=O) groups excluding carboxylic acids is 2. The average Bonchev–Trinajstić information content (AvgIpc) is 3.34. The summed E-state index contributed by atoms with van der Waals surface area (Å²) in [7, 11) is 4.06. The summed E-state index contributed by atoms with van der Waals surface area (Å²) in [6, 6.07) is 14.2. The first-order valence-corrected chi connectivity index (χ1v) is 11.5. The second-order valence-corrected chi connectivity index (χ2v) is 7.97. The number of hydrogen-bond donors (Lipinski definition) is 0. The molecular formula is C26H29N3O7. The fraction of sp³-hybridized carbons (Fsp3) is 0.346. The van der Waals surface area contributed by atoms with E-state index in [0.29, 0.717) is 42.6 Å². The molecule has 1 fully saturated rings. The van der Waals surface area contributed by atoms with Crippen molar-refractivity contribution in [2.75, 3.05) is 60.8 Å². The van der Waals surface area contributed by atoms with Gasteiger partial charge in [0.2, 0.25) is 0 Å². The molecule has 2 heterocycles. The minimum Gasteiger partial charge on any atom is -0.493 e. The number of carbonyl (C=O) groups is 2. The summed E-state index contributed by atoms with van der Waals surface area (Å²) in [6.45, 7) is 4.31. The number of methoxy groups -OCH3 is 3. The Hall–Kier alpha value is -3.89. The molecular weight excluding hydrogens is 466 g/mol. The molecule has 1 aromatic heterocycles. The molecule has 0 unspecified atom stereocenters. The van der Waals surface area contributed by atoms with Crippen LogP contribution in [-0.4, -0.2) is 87.4 Å². The molecule has 10 nitrogen and oxygen atoms in total. The average molecular weight is 496 g/mol. The van der Waals surface area contributed by atoms with Crippen molar-refractivity contribution in [3.63, 3.8) is 0 Å². The van der Waals surface area contributed by atoms with Gasteiger partial charge in [0.15, 0.2) is 17.2 Å². The molecule has 1 aliphatic heterocycles. The van der Waals surface area contributed by atoms with Gasteiger partial charge in [-0.25, -0.2) is 14.3 Å². The molecule has 0 atom stereocenters. The SMILES string of the molecule is COC(=O)c1c(-c2ccc(OC)c(OCCN3CCOCC3)c2)nn(-c2ccccc2)c1C(=O)OC. The smallest absolute Gasteiger partial charge is 0.357 e. The van der Waals surface area contributed by atoms with Gasteiger partial charge in [-0.2, -0.15) is 5.10 Å². The molecule has 0 spiro atoms. The lowest BCUT2D eigenvalue weighted by Gasteiger charge is -2.26. The number of esters is 2. The summed E-state index contributed by atoms with van der Waals surface area (Å²) in [5.41, 5.74) is 1.36. The Morgan fingerprint density at radius 1 is 0.944 bits per heavy atom. The minimum absolute atomic E-state index is 0.00219. The largest absolute Gasteiger partial charge is 0.493 e. The van der Waals surface area contributed by atoms with Gasteiger partial charge in [0, 0.05) is 25.2 Å². The first kappa shape index (κ1) is 25.2. The van der Waals surface area contributed by atoms with Crippen molar-refractivity contribution < 1.29 is 33.3 Å². The van der Waals surface area contributed by atoms with Crippen molar-refractivity contribution in [3.05, 3.63) is 59.8 Å². The van der Waals surface area contributed by atoms with E-state index < -0.39 is 11.9 Å². The lowest BCUT2D eigenvalue weighted by atomic mass is 10.0. The standard InChI is InChI=1S/C26H29N3O7/c1-32-20-10-9-18(17-21(20)36-16-13-28-11-14-35-15-12-28)23-22(25(30)33-2)24(26(31)34-3)29(27-23)19-7-5-4-6-8-19/h4-10,17H,11-16H2,1-3H3. The zero-order valence-electron chi connectivity index (χ0n) is 20.6. The van der Waals surface area contributed by atoms with Crippen LogP contribution in [0.4, 0.5) is 0 Å². The third-order valence-electron chi connectivity index (χ3n) is 5.86. The van der Waals surface area contributed by atoms with Gasteiger partial charge in [0.1, 0.15) is 17.9 Å². The van der Waals surface area contributed by atoms with Gasteiger partial charge in [-0.05, 0) is 30.3 Å². The molecule has 0 aliphatic carbocycles. The molecule has 0 radical (unpaired) electrons. The Labute approximate surface area is 209 Å². The van der Waals surface area contributed by atoms with E-state index in [4.69, 9.17) is 23.7 Å². The Kier molecular flexibility index (Phi) is 8.19. The number of hydrogen-bond acceptors (Lipinski definition) is 9. The van der Waals surface area contributed by atoms with E-state index in [1.54, 1.807) is 37.4 Å². The molecule has 4 rings (SSSR count). The highest BCUT2D eigenvalue weighted by Gasteiger charge is 2.31. The lowest BCUT2D eigenvalue weighted by molar-refractivity contribution is 0.0321. The maximum absolute atomic E-state index is 12.9. The van der Waals surface area contributed by atoms with Crippen LogP contribution in [0.15, 0.2) is 48.5 Å². The summed E-state index contributed by atoms with van der Waals surface area (Å²) >= 11 is 0. The first-order chi connectivity index (χ1) is 17.6. The number of benzene rings is 2. The van der Waals surface area contributed by atoms with Crippen molar-refractivity contribution in [2.45, 2.75) is 0 Å². The minimum atomic E-state index is -0.714. The molecule has 0 N–H and O–H groups in total. The highest BCUT2D eigenvalue weighted by molar-refractivity contribution is 6.06. The van der Waals surface area contributed by atoms with E-state index in [9.17, 15) is 9.59 Å². The molecule has 10 heteroatoms. The number of nitrogens with zero attached hydrogens (tertiary/aromatic N) is 3. The van der Waals surface area contributed by atoms with Crippen molar-refractivity contribution in [1.82, 2.24) is 14.7 Å². The highest BCUT2D eigenvalue weighted by atomic mass is 16.5. The van der Waals surface area contributed by atoms with E-state index in [-0.39, 0.29) is 17.0 Å². The van der Waals surface area contributed by atoms with Gasteiger partial charge in [-0.1, -0.05) is 18.2 Å². The number of rotatable bonds is 9. The fourth-order valence-corrected chi connectivity index (χ4v) is 4.00. The van der Waals surface area contributed by atoms with E-state index in [1.165, 1.54) is 18.9 Å².